The number of amides is 1. The second kappa shape index (κ2) is 7.47. The van der Waals surface area contributed by atoms with E-state index in [0.717, 1.165) is 25.2 Å². The smallest absolute Gasteiger partial charge is 0.257 e. The monoisotopic (exact) mass is 337 g/mol. The van der Waals surface area contributed by atoms with E-state index in [1.807, 2.05) is 12.3 Å². The van der Waals surface area contributed by atoms with Crippen LogP contribution in [0.5, 0.6) is 0 Å². The minimum absolute atomic E-state index is 0.0287. The van der Waals surface area contributed by atoms with Crippen molar-refractivity contribution in [3.8, 4) is 0 Å². The number of rotatable bonds is 4. The summed E-state index contributed by atoms with van der Waals surface area (Å²) in [6.45, 7) is 5.75. The first-order chi connectivity index (χ1) is 12.0. The highest BCUT2D eigenvalue weighted by Gasteiger charge is 2.18. The highest BCUT2D eigenvalue weighted by atomic mass is 16.1. The Morgan fingerprint density at radius 3 is 2.80 bits per heavy atom. The highest BCUT2D eigenvalue weighted by Crippen LogP contribution is 2.23. The molecule has 2 heterocycles. The van der Waals surface area contributed by atoms with E-state index in [1.165, 1.54) is 13.3 Å². The molecule has 1 fully saturated rings. The second-order valence-electron chi connectivity index (χ2n) is 6.72. The molecule has 1 unspecified atom stereocenters. The van der Waals surface area contributed by atoms with E-state index in [-0.39, 0.29) is 11.7 Å². The fourth-order valence-corrected chi connectivity index (χ4v) is 3.17. The Labute approximate surface area is 148 Å². The van der Waals surface area contributed by atoms with Crippen LogP contribution in [0.2, 0.25) is 0 Å². The number of Topliss-reactive ketones (excluding diaryl/α,β-unsaturated/α-hetero) is 1. The van der Waals surface area contributed by atoms with Crippen LogP contribution in [0.1, 0.15) is 47.4 Å². The Morgan fingerprint density at radius 1 is 1.20 bits per heavy atom. The Hall–Kier alpha value is -2.69. The van der Waals surface area contributed by atoms with Crippen molar-refractivity contribution in [3.05, 3.63) is 53.9 Å². The van der Waals surface area contributed by atoms with Gasteiger partial charge in [-0.2, -0.15) is 0 Å². The molecule has 1 saturated heterocycles. The average Bonchev–Trinajstić information content (AvgIpc) is 2.62. The van der Waals surface area contributed by atoms with Gasteiger partial charge >= 0.3 is 0 Å². The van der Waals surface area contributed by atoms with Gasteiger partial charge in [0.1, 0.15) is 0 Å². The molecule has 0 radical (unpaired) electrons. The molecule has 5 heteroatoms. The number of hydrogen-bond donors (Lipinski definition) is 1. The Balaban J connectivity index is 1.75. The lowest BCUT2D eigenvalue weighted by Gasteiger charge is -2.32. The molecule has 1 N–H and O–H groups in total. The number of benzene rings is 1. The largest absolute Gasteiger partial charge is 0.370 e. The molecule has 1 aromatic heterocycles. The summed E-state index contributed by atoms with van der Waals surface area (Å²) < 4.78 is 0. The molecule has 0 spiro atoms. The standard InChI is InChI=1S/C20H23N3O2/c1-14-5-4-8-23(13-14)19-10-17(11-21-12-19)20(25)22-18-7-3-6-16(9-18)15(2)24/h3,6-7,9-12,14H,4-5,8,13H2,1-2H3,(H,22,25). The third kappa shape index (κ3) is 4.24. The quantitative estimate of drug-likeness (QED) is 0.863. The van der Waals surface area contributed by atoms with Crippen molar-refractivity contribution < 1.29 is 9.59 Å². The van der Waals surface area contributed by atoms with Crippen LogP contribution in [0.3, 0.4) is 0 Å². The Kier molecular flexibility index (Phi) is 5.12. The molecule has 1 aromatic carbocycles. The lowest BCUT2D eigenvalue weighted by atomic mass is 10.00. The van der Waals surface area contributed by atoms with Gasteiger partial charge < -0.3 is 10.2 Å². The van der Waals surface area contributed by atoms with Crippen LogP contribution in [-0.2, 0) is 0 Å². The fourth-order valence-electron chi connectivity index (χ4n) is 3.17. The number of nitrogens with one attached hydrogen (secondary N) is 1. The SMILES string of the molecule is CC(=O)c1cccc(NC(=O)c2cncc(N3CCCC(C)C3)c2)c1. The van der Waals surface area contributed by atoms with Crippen molar-refractivity contribution >= 4 is 23.1 Å². The second-order valence-corrected chi connectivity index (χ2v) is 6.72. The predicted molar refractivity (Wildman–Crippen MR) is 99.2 cm³/mol. The molecule has 1 amide bonds. The summed E-state index contributed by atoms with van der Waals surface area (Å²) >= 11 is 0. The van der Waals surface area contributed by atoms with Crippen molar-refractivity contribution in [2.24, 2.45) is 5.92 Å². The molecule has 130 valence electrons. The number of aromatic nitrogens is 1. The van der Waals surface area contributed by atoms with Crippen LogP contribution in [0.4, 0.5) is 11.4 Å². The van der Waals surface area contributed by atoms with Gasteiger partial charge in [0.05, 0.1) is 17.4 Å². The third-order valence-electron chi connectivity index (χ3n) is 4.54. The topological polar surface area (TPSA) is 62.3 Å². The van der Waals surface area contributed by atoms with Crippen molar-refractivity contribution in [1.82, 2.24) is 4.98 Å². The Morgan fingerprint density at radius 2 is 2.04 bits per heavy atom. The van der Waals surface area contributed by atoms with Crippen LogP contribution >= 0.6 is 0 Å². The molecule has 2 aromatic rings. The van der Waals surface area contributed by atoms with Gasteiger partial charge in [0.25, 0.3) is 5.91 Å². The molecule has 1 aliphatic rings. The molecule has 25 heavy (non-hydrogen) atoms. The van der Waals surface area contributed by atoms with E-state index < -0.39 is 0 Å². The van der Waals surface area contributed by atoms with Gasteiger partial charge in [0.15, 0.2) is 5.78 Å². The molecule has 1 aliphatic heterocycles. The minimum Gasteiger partial charge on any atom is -0.370 e. The first-order valence-electron chi connectivity index (χ1n) is 8.65. The summed E-state index contributed by atoms with van der Waals surface area (Å²) in [5, 5.41) is 2.84. The van der Waals surface area contributed by atoms with E-state index in [4.69, 9.17) is 0 Å². The maximum atomic E-state index is 12.5. The average molecular weight is 337 g/mol. The summed E-state index contributed by atoms with van der Waals surface area (Å²) in [7, 11) is 0. The van der Waals surface area contributed by atoms with Crippen LogP contribution in [-0.4, -0.2) is 29.8 Å². The number of hydrogen-bond acceptors (Lipinski definition) is 4. The molecule has 0 bridgehead atoms. The van der Waals surface area contributed by atoms with Crippen LogP contribution in [0, 0.1) is 5.92 Å². The van der Waals surface area contributed by atoms with Gasteiger partial charge in [0.2, 0.25) is 0 Å². The van der Waals surface area contributed by atoms with E-state index in [0.29, 0.717) is 22.7 Å². The van der Waals surface area contributed by atoms with Gasteiger partial charge in [-0.25, -0.2) is 0 Å². The number of pyridine rings is 1. The Bertz CT molecular complexity index is 788. The lowest BCUT2D eigenvalue weighted by molar-refractivity contribution is 0.101. The number of nitrogens with zero attached hydrogens (tertiary/aromatic N) is 2. The number of carbonyl (C=O) groups excluding carboxylic acids is 2. The molecule has 0 aliphatic carbocycles. The predicted octanol–water partition coefficient (Wildman–Crippen LogP) is 3.77. The summed E-state index contributed by atoms with van der Waals surface area (Å²) in [5.41, 5.74) is 2.68. The zero-order valence-corrected chi connectivity index (χ0v) is 14.7. The van der Waals surface area contributed by atoms with Gasteiger partial charge in [-0.15, -0.1) is 0 Å². The lowest BCUT2D eigenvalue weighted by Crippen LogP contribution is -2.34. The third-order valence-corrected chi connectivity index (χ3v) is 4.54. The van der Waals surface area contributed by atoms with Gasteiger partial charge in [-0.1, -0.05) is 19.1 Å². The first kappa shape index (κ1) is 17.1. The summed E-state index contributed by atoms with van der Waals surface area (Å²) in [6, 6.07) is 8.83. The van der Waals surface area contributed by atoms with Crippen molar-refractivity contribution in [2.75, 3.05) is 23.3 Å². The number of carbonyl (C=O) groups is 2. The van der Waals surface area contributed by atoms with Gasteiger partial charge in [-0.05, 0) is 43.9 Å². The summed E-state index contributed by atoms with van der Waals surface area (Å²) in [5.74, 6) is 0.402. The van der Waals surface area contributed by atoms with E-state index >= 15 is 0 Å². The molecule has 1 atom stereocenters. The van der Waals surface area contributed by atoms with E-state index in [1.54, 1.807) is 30.5 Å². The molecule has 5 nitrogen and oxygen atoms in total. The van der Waals surface area contributed by atoms with E-state index in [2.05, 4.69) is 22.1 Å². The highest BCUT2D eigenvalue weighted by molar-refractivity contribution is 6.05. The van der Waals surface area contributed by atoms with Crippen molar-refractivity contribution in [3.63, 3.8) is 0 Å². The molecule has 0 saturated carbocycles. The molecule has 3 rings (SSSR count). The van der Waals surface area contributed by atoms with Crippen LogP contribution < -0.4 is 10.2 Å². The van der Waals surface area contributed by atoms with Crippen LogP contribution in [0.15, 0.2) is 42.7 Å². The zero-order valence-electron chi connectivity index (χ0n) is 14.7. The maximum Gasteiger partial charge on any atom is 0.257 e. The minimum atomic E-state index is -0.222. The maximum absolute atomic E-state index is 12.5. The van der Waals surface area contributed by atoms with Gasteiger partial charge in [-0.3, -0.25) is 14.6 Å². The first-order valence-corrected chi connectivity index (χ1v) is 8.65. The van der Waals surface area contributed by atoms with Crippen molar-refractivity contribution in [1.29, 1.82) is 0 Å². The number of anilines is 2. The fraction of sp³-hybridized carbons (Fsp3) is 0.350. The number of ketones is 1. The van der Waals surface area contributed by atoms with Crippen LogP contribution in [0.25, 0.3) is 0 Å². The zero-order chi connectivity index (χ0) is 17.8. The molecular weight excluding hydrogens is 314 g/mol. The van der Waals surface area contributed by atoms with E-state index in [9.17, 15) is 9.59 Å². The van der Waals surface area contributed by atoms with Gasteiger partial charge in [0, 0.05) is 30.5 Å². The normalized spacial score (nSPS) is 17.2. The number of piperidine rings is 1. The van der Waals surface area contributed by atoms with Crippen molar-refractivity contribution in [2.45, 2.75) is 26.7 Å². The summed E-state index contributed by atoms with van der Waals surface area (Å²) in [6.07, 6.45) is 5.79. The summed E-state index contributed by atoms with van der Waals surface area (Å²) in [4.78, 5) is 30.5. The molecular formula is C20H23N3O2.